The molecule has 0 atom stereocenters. The second-order valence-corrected chi connectivity index (χ2v) is 5.02. The van der Waals surface area contributed by atoms with Crippen molar-refractivity contribution in [3.63, 3.8) is 0 Å². The Balaban J connectivity index is 2.82. The molecule has 106 valence electrons. The molecule has 0 heterocycles. The summed E-state index contributed by atoms with van der Waals surface area (Å²) >= 11 is 0. The average Bonchev–Trinajstić information content (AvgIpc) is 2.38. The van der Waals surface area contributed by atoms with E-state index in [2.05, 4.69) is 37.6 Å². The van der Waals surface area contributed by atoms with Gasteiger partial charge in [0.2, 0.25) is 0 Å². The summed E-state index contributed by atoms with van der Waals surface area (Å²) in [6.45, 7) is 13.1. The van der Waals surface area contributed by atoms with E-state index in [4.69, 9.17) is 0 Å². The van der Waals surface area contributed by atoms with Crippen LogP contribution in [0.1, 0.15) is 31.9 Å². The van der Waals surface area contributed by atoms with Crippen molar-refractivity contribution in [1.29, 1.82) is 0 Å². The molecule has 0 aliphatic heterocycles. The molecule has 0 saturated heterocycles. The smallest absolute Gasteiger partial charge is 0.127 e. The van der Waals surface area contributed by atoms with Gasteiger partial charge in [-0.25, -0.2) is 4.39 Å². The van der Waals surface area contributed by atoms with Gasteiger partial charge in [0, 0.05) is 31.2 Å². The third-order valence-electron chi connectivity index (χ3n) is 3.16. The zero-order valence-electron chi connectivity index (χ0n) is 12.2. The monoisotopic (exact) mass is 264 g/mol. The average molecular weight is 264 g/mol. The fraction of sp³-hybridized carbons (Fsp3) is 0.500. The van der Waals surface area contributed by atoms with Gasteiger partial charge in [0.05, 0.1) is 0 Å². The fourth-order valence-corrected chi connectivity index (χ4v) is 1.97. The first-order valence-corrected chi connectivity index (χ1v) is 6.91. The summed E-state index contributed by atoms with van der Waals surface area (Å²) in [4.78, 5) is 2.20. The van der Waals surface area contributed by atoms with Crippen LogP contribution < -0.4 is 5.32 Å². The molecule has 0 fully saturated rings. The minimum Gasteiger partial charge on any atom is -0.313 e. The lowest BCUT2D eigenvalue weighted by molar-refractivity contribution is 0.234. The SMILES string of the molecule is C=CCN(Cc1cc(CNCC)ccc1F)C(C)C. The Morgan fingerprint density at radius 3 is 2.74 bits per heavy atom. The first-order valence-electron chi connectivity index (χ1n) is 6.91. The van der Waals surface area contributed by atoms with Crippen molar-refractivity contribution in [1.82, 2.24) is 10.2 Å². The van der Waals surface area contributed by atoms with Crippen LogP contribution in [-0.2, 0) is 13.1 Å². The minimum atomic E-state index is -0.130. The molecule has 1 rings (SSSR count). The van der Waals surface area contributed by atoms with E-state index in [-0.39, 0.29) is 5.82 Å². The van der Waals surface area contributed by atoms with E-state index < -0.39 is 0 Å². The zero-order chi connectivity index (χ0) is 14.3. The zero-order valence-corrected chi connectivity index (χ0v) is 12.2. The molecule has 2 nitrogen and oxygen atoms in total. The lowest BCUT2D eigenvalue weighted by Crippen LogP contribution is -2.30. The summed E-state index contributed by atoms with van der Waals surface area (Å²) in [6, 6.07) is 5.73. The van der Waals surface area contributed by atoms with E-state index >= 15 is 0 Å². The normalized spacial score (nSPS) is 11.3. The highest BCUT2D eigenvalue weighted by molar-refractivity contribution is 5.25. The molecule has 0 aliphatic carbocycles. The van der Waals surface area contributed by atoms with Gasteiger partial charge in [0.1, 0.15) is 5.82 Å². The molecule has 1 aromatic carbocycles. The van der Waals surface area contributed by atoms with Gasteiger partial charge in [-0.1, -0.05) is 25.1 Å². The number of hydrogen-bond acceptors (Lipinski definition) is 2. The van der Waals surface area contributed by atoms with Crippen molar-refractivity contribution in [3.05, 3.63) is 47.8 Å². The van der Waals surface area contributed by atoms with Gasteiger partial charge in [0.25, 0.3) is 0 Å². The van der Waals surface area contributed by atoms with Crippen molar-refractivity contribution >= 4 is 0 Å². The molecule has 0 unspecified atom stereocenters. The summed E-state index contributed by atoms with van der Waals surface area (Å²) in [7, 11) is 0. The molecule has 0 aliphatic rings. The molecular formula is C16H25FN2. The Bertz CT molecular complexity index is 402. The van der Waals surface area contributed by atoms with Gasteiger partial charge in [-0.3, -0.25) is 4.90 Å². The Kier molecular flexibility index (Phi) is 6.74. The maximum Gasteiger partial charge on any atom is 0.127 e. The lowest BCUT2D eigenvalue weighted by atomic mass is 10.1. The molecule has 0 amide bonds. The molecule has 1 aromatic rings. The molecular weight excluding hydrogens is 239 g/mol. The number of nitrogens with one attached hydrogen (secondary N) is 1. The maximum absolute atomic E-state index is 13.9. The molecule has 0 spiro atoms. The van der Waals surface area contributed by atoms with E-state index in [0.29, 0.717) is 12.6 Å². The van der Waals surface area contributed by atoms with E-state index in [0.717, 1.165) is 30.8 Å². The highest BCUT2D eigenvalue weighted by Gasteiger charge is 2.12. The molecule has 0 aromatic heterocycles. The van der Waals surface area contributed by atoms with Crippen LogP contribution in [0.5, 0.6) is 0 Å². The van der Waals surface area contributed by atoms with E-state index in [1.807, 2.05) is 18.2 Å². The topological polar surface area (TPSA) is 15.3 Å². The van der Waals surface area contributed by atoms with Crippen molar-refractivity contribution in [2.45, 2.75) is 39.9 Å². The third kappa shape index (κ3) is 5.13. The Labute approximate surface area is 116 Å². The number of benzene rings is 1. The molecule has 1 N–H and O–H groups in total. The largest absolute Gasteiger partial charge is 0.313 e. The summed E-state index contributed by atoms with van der Waals surface area (Å²) in [5, 5.41) is 3.26. The van der Waals surface area contributed by atoms with Crippen molar-refractivity contribution < 1.29 is 4.39 Å². The maximum atomic E-state index is 13.9. The van der Waals surface area contributed by atoms with Crippen LogP contribution in [0.2, 0.25) is 0 Å². The predicted molar refractivity (Wildman–Crippen MR) is 79.5 cm³/mol. The van der Waals surface area contributed by atoms with Crippen molar-refractivity contribution in [2.24, 2.45) is 0 Å². The minimum absolute atomic E-state index is 0.130. The summed E-state index contributed by atoms with van der Waals surface area (Å²) < 4.78 is 13.9. The first kappa shape index (κ1) is 15.9. The van der Waals surface area contributed by atoms with Gasteiger partial charge in [-0.15, -0.1) is 6.58 Å². The molecule has 3 heteroatoms. The van der Waals surface area contributed by atoms with Crippen molar-refractivity contribution in [3.8, 4) is 0 Å². The van der Waals surface area contributed by atoms with E-state index in [9.17, 15) is 4.39 Å². The van der Waals surface area contributed by atoms with Crippen LogP contribution >= 0.6 is 0 Å². The van der Waals surface area contributed by atoms with E-state index in [1.165, 1.54) is 0 Å². The summed E-state index contributed by atoms with van der Waals surface area (Å²) in [5.41, 5.74) is 1.88. The first-order chi connectivity index (χ1) is 9.08. The van der Waals surface area contributed by atoms with Crippen LogP contribution in [0.25, 0.3) is 0 Å². The molecule has 0 saturated carbocycles. The quantitative estimate of drug-likeness (QED) is 0.725. The number of rotatable bonds is 8. The van der Waals surface area contributed by atoms with Crippen LogP contribution in [0, 0.1) is 5.82 Å². The number of hydrogen-bond donors (Lipinski definition) is 1. The van der Waals surface area contributed by atoms with Crippen LogP contribution in [-0.4, -0.2) is 24.0 Å². The number of halogens is 1. The van der Waals surface area contributed by atoms with Gasteiger partial charge in [-0.2, -0.15) is 0 Å². The van der Waals surface area contributed by atoms with Crippen LogP contribution in [0.15, 0.2) is 30.9 Å². The van der Waals surface area contributed by atoms with Gasteiger partial charge >= 0.3 is 0 Å². The summed E-state index contributed by atoms with van der Waals surface area (Å²) in [5.74, 6) is -0.130. The lowest BCUT2D eigenvalue weighted by Gasteiger charge is -2.25. The van der Waals surface area contributed by atoms with Crippen molar-refractivity contribution in [2.75, 3.05) is 13.1 Å². The van der Waals surface area contributed by atoms with Crippen LogP contribution in [0.4, 0.5) is 4.39 Å². The van der Waals surface area contributed by atoms with Gasteiger partial charge in [0.15, 0.2) is 0 Å². The number of nitrogens with zero attached hydrogens (tertiary/aromatic N) is 1. The highest BCUT2D eigenvalue weighted by Crippen LogP contribution is 2.15. The fourth-order valence-electron chi connectivity index (χ4n) is 1.97. The molecule has 19 heavy (non-hydrogen) atoms. The second kappa shape index (κ2) is 8.08. The Morgan fingerprint density at radius 1 is 1.42 bits per heavy atom. The van der Waals surface area contributed by atoms with Crippen LogP contribution in [0.3, 0.4) is 0 Å². The van der Waals surface area contributed by atoms with Gasteiger partial charge < -0.3 is 5.32 Å². The highest BCUT2D eigenvalue weighted by atomic mass is 19.1. The predicted octanol–water partition coefficient (Wildman–Crippen LogP) is 3.33. The standard InChI is InChI=1S/C16H25FN2/c1-5-9-19(13(3)4)12-15-10-14(11-18-6-2)7-8-16(15)17/h5,7-8,10,13,18H,1,6,9,11-12H2,2-4H3. The molecule has 0 radical (unpaired) electrons. The Hall–Kier alpha value is -1.19. The summed E-state index contributed by atoms with van der Waals surface area (Å²) in [6.07, 6.45) is 1.86. The molecule has 0 bridgehead atoms. The third-order valence-corrected chi connectivity index (χ3v) is 3.16. The Morgan fingerprint density at radius 2 is 2.16 bits per heavy atom. The van der Waals surface area contributed by atoms with E-state index in [1.54, 1.807) is 6.07 Å². The van der Waals surface area contributed by atoms with Gasteiger partial charge in [-0.05, 0) is 32.0 Å². The second-order valence-electron chi connectivity index (χ2n) is 5.02.